The first-order valence-corrected chi connectivity index (χ1v) is 8.05. The molecule has 0 spiro atoms. The standard InChI is InChI=1S/C17H21N7O2/c1-23-10-13(19)16(22-23)17(25)21-11-3-4-15(26-8-6-18)12(9-11)14-5-7-20-24(14)2/h3-5,7,9-10H,6,8,18-19H2,1-2H3,(H,21,25). The average molecular weight is 355 g/mol. The summed E-state index contributed by atoms with van der Waals surface area (Å²) in [4.78, 5) is 12.4. The summed E-state index contributed by atoms with van der Waals surface area (Å²) in [6.45, 7) is 0.795. The molecule has 0 aliphatic heterocycles. The highest BCUT2D eigenvalue weighted by molar-refractivity contribution is 6.06. The van der Waals surface area contributed by atoms with E-state index in [2.05, 4.69) is 15.5 Å². The summed E-state index contributed by atoms with van der Waals surface area (Å²) in [7, 11) is 3.54. The number of rotatable bonds is 6. The van der Waals surface area contributed by atoms with Crippen LogP contribution in [0.4, 0.5) is 11.4 Å². The summed E-state index contributed by atoms with van der Waals surface area (Å²) >= 11 is 0. The lowest BCUT2D eigenvalue weighted by Crippen LogP contribution is -2.15. The Kier molecular flexibility index (Phi) is 4.90. The number of anilines is 2. The summed E-state index contributed by atoms with van der Waals surface area (Å²) < 4.78 is 8.94. The van der Waals surface area contributed by atoms with Crippen molar-refractivity contribution in [3.8, 4) is 17.0 Å². The van der Waals surface area contributed by atoms with Gasteiger partial charge in [-0.1, -0.05) is 0 Å². The van der Waals surface area contributed by atoms with Crippen LogP contribution in [0.2, 0.25) is 0 Å². The summed E-state index contributed by atoms with van der Waals surface area (Å²) in [6.07, 6.45) is 3.28. The van der Waals surface area contributed by atoms with Crippen molar-refractivity contribution < 1.29 is 9.53 Å². The van der Waals surface area contributed by atoms with Crippen LogP contribution in [0.15, 0.2) is 36.7 Å². The number of carbonyl (C=O) groups is 1. The number of nitrogens with two attached hydrogens (primary N) is 2. The molecule has 0 aliphatic rings. The van der Waals surface area contributed by atoms with Crippen LogP contribution in [0.25, 0.3) is 11.3 Å². The molecule has 0 radical (unpaired) electrons. The molecule has 26 heavy (non-hydrogen) atoms. The number of nitrogens with zero attached hydrogens (tertiary/aromatic N) is 4. The monoisotopic (exact) mass is 355 g/mol. The van der Waals surface area contributed by atoms with E-state index < -0.39 is 0 Å². The Hall–Kier alpha value is -3.33. The van der Waals surface area contributed by atoms with Crippen molar-refractivity contribution in [3.63, 3.8) is 0 Å². The van der Waals surface area contributed by atoms with Crippen LogP contribution < -0.4 is 21.5 Å². The molecule has 0 bridgehead atoms. The SMILES string of the molecule is Cn1cc(N)c(C(=O)Nc2ccc(OCCN)c(-c3ccnn3C)c2)n1. The van der Waals surface area contributed by atoms with Gasteiger partial charge in [-0.15, -0.1) is 0 Å². The number of aryl methyl sites for hydroxylation is 2. The minimum absolute atomic E-state index is 0.179. The van der Waals surface area contributed by atoms with Crippen molar-refractivity contribution in [2.75, 3.05) is 24.2 Å². The van der Waals surface area contributed by atoms with E-state index in [1.165, 1.54) is 4.68 Å². The second-order valence-electron chi connectivity index (χ2n) is 5.75. The molecule has 1 amide bonds. The third kappa shape index (κ3) is 3.52. The van der Waals surface area contributed by atoms with E-state index >= 15 is 0 Å². The maximum Gasteiger partial charge on any atom is 0.278 e. The highest BCUT2D eigenvalue weighted by atomic mass is 16.5. The number of aromatic nitrogens is 4. The molecule has 0 fully saturated rings. The van der Waals surface area contributed by atoms with Crippen LogP contribution in [0, 0.1) is 0 Å². The van der Waals surface area contributed by atoms with Crippen LogP contribution >= 0.6 is 0 Å². The fourth-order valence-electron chi connectivity index (χ4n) is 2.61. The smallest absolute Gasteiger partial charge is 0.278 e. The molecular weight excluding hydrogens is 334 g/mol. The maximum atomic E-state index is 12.4. The third-order valence-electron chi connectivity index (χ3n) is 3.78. The summed E-state index contributed by atoms with van der Waals surface area (Å²) in [5, 5.41) is 11.1. The Morgan fingerprint density at radius 3 is 2.73 bits per heavy atom. The average Bonchev–Trinajstić information content (AvgIpc) is 3.18. The Bertz CT molecular complexity index is 929. The lowest BCUT2D eigenvalue weighted by molar-refractivity contribution is 0.102. The fraction of sp³-hybridized carbons (Fsp3) is 0.235. The first kappa shape index (κ1) is 17.5. The molecule has 1 aromatic carbocycles. The molecule has 3 rings (SSSR count). The van der Waals surface area contributed by atoms with E-state index in [0.29, 0.717) is 30.3 Å². The van der Waals surface area contributed by atoms with Gasteiger partial charge in [0.15, 0.2) is 5.69 Å². The van der Waals surface area contributed by atoms with Gasteiger partial charge in [0.1, 0.15) is 12.4 Å². The van der Waals surface area contributed by atoms with E-state index in [0.717, 1.165) is 11.3 Å². The maximum absolute atomic E-state index is 12.4. The van der Waals surface area contributed by atoms with Crippen LogP contribution in [0.3, 0.4) is 0 Å². The van der Waals surface area contributed by atoms with Gasteiger partial charge in [-0.25, -0.2) is 0 Å². The summed E-state index contributed by atoms with van der Waals surface area (Å²) in [6, 6.07) is 7.23. The quantitative estimate of drug-likeness (QED) is 0.605. The van der Waals surface area contributed by atoms with Gasteiger partial charge < -0.3 is 21.5 Å². The number of nitrogen functional groups attached to an aromatic ring is 1. The van der Waals surface area contributed by atoms with Gasteiger partial charge >= 0.3 is 0 Å². The van der Waals surface area contributed by atoms with E-state index in [1.54, 1.807) is 36.3 Å². The molecule has 9 heteroatoms. The van der Waals surface area contributed by atoms with E-state index in [4.69, 9.17) is 16.2 Å². The molecule has 0 saturated carbocycles. The van der Waals surface area contributed by atoms with Crippen molar-refractivity contribution >= 4 is 17.3 Å². The van der Waals surface area contributed by atoms with Gasteiger partial charge in [-0.05, 0) is 24.3 Å². The zero-order valence-electron chi connectivity index (χ0n) is 14.6. The first-order valence-electron chi connectivity index (χ1n) is 8.05. The summed E-state index contributed by atoms with van der Waals surface area (Å²) in [5.41, 5.74) is 14.1. The molecule has 2 aromatic heterocycles. The van der Waals surface area contributed by atoms with Gasteiger partial charge in [0.2, 0.25) is 0 Å². The number of benzene rings is 1. The minimum Gasteiger partial charge on any atom is -0.492 e. The minimum atomic E-state index is -0.380. The number of carbonyl (C=O) groups excluding carboxylic acids is 1. The van der Waals surface area contributed by atoms with Gasteiger partial charge in [-0.2, -0.15) is 10.2 Å². The van der Waals surface area contributed by atoms with Crippen molar-refractivity contribution in [2.45, 2.75) is 0 Å². The highest BCUT2D eigenvalue weighted by Crippen LogP contribution is 2.32. The second-order valence-corrected chi connectivity index (χ2v) is 5.75. The van der Waals surface area contributed by atoms with E-state index in [1.807, 2.05) is 19.2 Å². The van der Waals surface area contributed by atoms with Crippen molar-refractivity contribution in [1.82, 2.24) is 19.6 Å². The van der Waals surface area contributed by atoms with Gasteiger partial charge in [0, 0.05) is 44.3 Å². The Labute approximate surface area is 150 Å². The second kappa shape index (κ2) is 7.28. The van der Waals surface area contributed by atoms with Gasteiger partial charge in [0.05, 0.1) is 11.4 Å². The van der Waals surface area contributed by atoms with E-state index in [-0.39, 0.29) is 11.6 Å². The fourth-order valence-corrected chi connectivity index (χ4v) is 2.61. The van der Waals surface area contributed by atoms with Crippen molar-refractivity contribution in [1.29, 1.82) is 0 Å². The third-order valence-corrected chi connectivity index (χ3v) is 3.78. The van der Waals surface area contributed by atoms with E-state index in [9.17, 15) is 4.79 Å². The Balaban J connectivity index is 1.92. The van der Waals surface area contributed by atoms with Crippen molar-refractivity contribution in [3.05, 3.63) is 42.4 Å². The first-order chi connectivity index (χ1) is 12.5. The Morgan fingerprint density at radius 1 is 1.31 bits per heavy atom. The topological polar surface area (TPSA) is 126 Å². The molecule has 5 N–H and O–H groups in total. The lowest BCUT2D eigenvalue weighted by Gasteiger charge is -2.13. The number of hydrogen-bond acceptors (Lipinski definition) is 6. The largest absolute Gasteiger partial charge is 0.492 e. The number of nitrogens with one attached hydrogen (secondary N) is 1. The molecule has 0 aliphatic carbocycles. The van der Waals surface area contributed by atoms with Crippen LogP contribution in [-0.4, -0.2) is 38.6 Å². The normalized spacial score (nSPS) is 10.7. The number of hydrogen-bond donors (Lipinski definition) is 3. The molecule has 9 nitrogen and oxygen atoms in total. The molecule has 136 valence electrons. The van der Waals surface area contributed by atoms with Crippen LogP contribution in [0.1, 0.15) is 10.5 Å². The molecule has 0 saturated heterocycles. The molecule has 3 aromatic rings. The predicted molar refractivity (Wildman–Crippen MR) is 98.8 cm³/mol. The molecule has 0 unspecified atom stereocenters. The zero-order chi connectivity index (χ0) is 18.7. The van der Waals surface area contributed by atoms with Crippen molar-refractivity contribution in [2.24, 2.45) is 19.8 Å². The number of ether oxygens (including phenoxy) is 1. The summed E-state index contributed by atoms with van der Waals surface area (Å²) in [5.74, 6) is 0.282. The van der Waals surface area contributed by atoms with Gasteiger partial charge in [-0.3, -0.25) is 14.2 Å². The highest BCUT2D eigenvalue weighted by Gasteiger charge is 2.16. The van der Waals surface area contributed by atoms with Gasteiger partial charge in [0.25, 0.3) is 5.91 Å². The van der Waals surface area contributed by atoms with Crippen LogP contribution in [-0.2, 0) is 14.1 Å². The lowest BCUT2D eigenvalue weighted by atomic mass is 10.1. The molecular formula is C17H21N7O2. The number of amides is 1. The Morgan fingerprint density at radius 2 is 2.12 bits per heavy atom. The predicted octanol–water partition coefficient (Wildman–Crippen LogP) is 0.993. The molecule has 2 heterocycles. The molecule has 0 atom stereocenters. The van der Waals surface area contributed by atoms with Crippen LogP contribution in [0.5, 0.6) is 5.75 Å². The zero-order valence-corrected chi connectivity index (χ0v) is 14.6.